The number of imide groups is 1. The lowest BCUT2D eigenvalue weighted by Crippen LogP contribution is -2.32. The molecule has 6 nitrogen and oxygen atoms in total. The molecule has 1 saturated heterocycles. The summed E-state index contributed by atoms with van der Waals surface area (Å²) in [5.74, 6) is 0.414. The van der Waals surface area contributed by atoms with E-state index < -0.39 is 0 Å². The van der Waals surface area contributed by atoms with E-state index in [4.69, 9.17) is 4.42 Å². The normalized spacial score (nSPS) is 15.0. The molecule has 1 aromatic carbocycles. The first-order valence-electron chi connectivity index (χ1n) is 7.08. The van der Waals surface area contributed by atoms with Crippen LogP contribution < -0.4 is 0 Å². The molecule has 114 valence electrons. The number of hydrogen-bond acceptors (Lipinski definition) is 4. The highest BCUT2D eigenvalue weighted by Gasteiger charge is 2.36. The molecule has 0 atom stereocenters. The van der Waals surface area contributed by atoms with E-state index in [1.165, 1.54) is 11.3 Å². The largest absolute Gasteiger partial charge is 0.448 e. The van der Waals surface area contributed by atoms with Gasteiger partial charge in [-0.15, -0.1) is 0 Å². The average Bonchev–Trinajstić information content (AvgIpc) is 3.01. The molecule has 0 N–H and O–H groups in total. The highest BCUT2D eigenvalue weighted by Crippen LogP contribution is 2.18. The second-order valence-corrected chi connectivity index (χ2v) is 5.46. The van der Waals surface area contributed by atoms with E-state index in [-0.39, 0.29) is 25.0 Å². The average molecular weight is 299 g/mol. The zero-order chi connectivity index (χ0) is 15.7. The summed E-state index contributed by atoms with van der Waals surface area (Å²) in [6.07, 6.45) is 1.32. The number of oxazole rings is 1. The molecule has 0 spiro atoms. The molecule has 0 aliphatic carbocycles. The number of urea groups is 1. The highest BCUT2D eigenvalue weighted by atomic mass is 16.3. The summed E-state index contributed by atoms with van der Waals surface area (Å²) in [4.78, 5) is 31.3. The number of hydrogen-bond donors (Lipinski definition) is 0. The van der Waals surface area contributed by atoms with Crippen LogP contribution in [0.1, 0.15) is 22.6 Å². The summed E-state index contributed by atoms with van der Waals surface area (Å²) >= 11 is 0. The Kier molecular flexibility index (Phi) is 3.66. The second kappa shape index (κ2) is 5.63. The molecular weight excluding hydrogens is 282 g/mol. The number of nitrogens with zero attached hydrogens (tertiary/aromatic N) is 3. The van der Waals surface area contributed by atoms with E-state index in [2.05, 4.69) is 4.98 Å². The molecule has 1 aromatic heterocycles. The van der Waals surface area contributed by atoms with Crippen molar-refractivity contribution in [1.29, 1.82) is 0 Å². The van der Waals surface area contributed by atoms with Crippen molar-refractivity contribution < 1.29 is 14.0 Å². The van der Waals surface area contributed by atoms with Crippen molar-refractivity contribution in [2.24, 2.45) is 0 Å². The van der Waals surface area contributed by atoms with E-state index in [1.54, 1.807) is 11.8 Å². The maximum atomic E-state index is 12.4. The van der Waals surface area contributed by atoms with Gasteiger partial charge in [0, 0.05) is 6.54 Å². The van der Waals surface area contributed by atoms with Crippen molar-refractivity contribution in [2.75, 3.05) is 6.54 Å². The van der Waals surface area contributed by atoms with Crippen molar-refractivity contribution in [3.05, 3.63) is 53.2 Å². The molecular formula is C16H17N3O3. The lowest BCUT2D eigenvalue weighted by molar-refractivity contribution is -0.125. The molecule has 0 bridgehead atoms. The fourth-order valence-electron chi connectivity index (χ4n) is 2.42. The molecule has 3 amide bonds. The van der Waals surface area contributed by atoms with Gasteiger partial charge in [0.15, 0.2) is 6.39 Å². The lowest BCUT2D eigenvalue weighted by atomic mass is 10.1. The van der Waals surface area contributed by atoms with E-state index in [1.807, 2.05) is 31.2 Å². The minimum atomic E-state index is -0.284. The van der Waals surface area contributed by atoms with Gasteiger partial charge in [-0.1, -0.05) is 29.8 Å². The summed E-state index contributed by atoms with van der Waals surface area (Å²) in [5.41, 5.74) is 2.78. The number of rotatable bonds is 4. The third-order valence-electron chi connectivity index (χ3n) is 3.77. The van der Waals surface area contributed by atoms with Gasteiger partial charge in [-0.25, -0.2) is 9.78 Å². The zero-order valence-corrected chi connectivity index (χ0v) is 12.6. The van der Waals surface area contributed by atoms with Gasteiger partial charge in [0.2, 0.25) is 0 Å². The Labute approximate surface area is 128 Å². The number of carbonyl (C=O) groups is 2. The number of carbonyl (C=O) groups excluding carboxylic acids is 2. The Hall–Kier alpha value is -2.63. The van der Waals surface area contributed by atoms with Crippen LogP contribution in [0, 0.1) is 13.8 Å². The van der Waals surface area contributed by atoms with Crippen LogP contribution in [0.2, 0.25) is 0 Å². The van der Waals surface area contributed by atoms with E-state index in [9.17, 15) is 9.59 Å². The zero-order valence-electron chi connectivity index (χ0n) is 12.6. The SMILES string of the molecule is Cc1ccc(CN2CC(=O)N(Cc3ncoc3C)C2=O)cc1. The van der Waals surface area contributed by atoms with Gasteiger partial charge in [-0.3, -0.25) is 9.69 Å². The van der Waals surface area contributed by atoms with Gasteiger partial charge in [0.05, 0.1) is 6.54 Å². The highest BCUT2D eigenvalue weighted by molar-refractivity contribution is 6.01. The van der Waals surface area contributed by atoms with Crippen LogP contribution >= 0.6 is 0 Å². The molecule has 1 aliphatic rings. The molecule has 2 aromatic rings. The first-order chi connectivity index (χ1) is 10.5. The Bertz CT molecular complexity index is 706. The molecule has 3 rings (SSSR count). The monoisotopic (exact) mass is 299 g/mol. The number of amides is 3. The van der Waals surface area contributed by atoms with Crippen LogP contribution in [0.15, 0.2) is 35.1 Å². The molecule has 0 saturated carbocycles. The Morgan fingerprint density at radius 1 is 1.14 bits per heavy atom. The van der Waals surface area contributed by atoms with E-state index in [0.717, 1.165) is 11.1 Å². The van der Waals surface area contributed by atoms with Crippen molar-refractivity contribution in [3.8, 4) is 0 Å². The predicted octanol–water partition coefficient (Wildman–Crippen LogP) is 2.26. The molecule has 2 heterocycles. The topological polar surface area (TPSA) is 66.7 Å². The maximum absolute atomic E-state index is 12.4. The molecule has 1 aliphatic heterocycles. The third kappa shape index (κ3) is 2.72. The fourth-order valence-corrected chi connectivity index (χ4v) is 2.42. The molecule has 22 heavy (non-hydrogen) atoms. The van der Waals surface area contributed by atoms with Crippen LogP contribution in [0.25, 0.3) is 0 Å². The summed E-state index contributed by atoms with van der Waals surface area (Å²) < 4.78 is 5.10. The van der Waals surface area contributed by atoms with E-state index in [0.29, 0.717) is 18.0 Å². The number of benzene rings is 1. The molecule has 0 unspecified atom stereocenters. The van der Waals surface area contributed by atoms with Crippen molar-refractivity contribution >= 4 is 11.9 Å². The first kappa shape index (κ1) is 14.3. The molecule has 1 fully saturated rings. The molecule has 6 heteroatoms. The minimum absolute atomic E-state index is 0.101. The van der Waals surface area contributed by atoms with Crippen LogP contribution in [-0.4, -0.2) is 33.3 Å². The van der Waals surface area contributed by atoms with Crippen LogP contribution in [0.3, 0.4) is 0 Å². The smallest absolute Gasteiger partial charge is 0.327 e. The van der Waals surface area contributed by atoms with Gasteiger partial charge >= 0.3 is 6.03 Å². The fraction of sp³-hybridized carbons (Fsp3) is 0.312. The Morgan fingerprint density at radius 3 is 2.50 bits per heavy atom. The van der Waals surface area contributed by atoms with Gasteiger partial charge in [-0.2, -0.15) is 0 Å². The van der Waals surface area contributed by atoms with Crippen molar-refractivity contribution in [2.45, 2.75) is 26.9 Å². The van der Waals surface area contributed by atoms with Crippen LogP contribution in [-0.2, 0) is 17.9 Å². The van der Waals surface area contributed by atoms with Crippen LogP contribution in [0.5, 0.6) is 0 Å². The van der Waals surface area contributed by atoms with Crippen molar-refractivity contribution in [1.82, 2.24) is 14.8 Å². The van der Waals surface area contributed by atoms with Crippen molar-refractivity contribution in [3.63, 3.8) is 0 Å². The summed E-state index contributed by atoms with van der Waals surface area (Å²) in [6, 6.07) is 7.64. The maximum Gasteiger partial charge on any atom is 0.327 e. The lowest BCUT2D eigenvalue weighted by Gasteiger charge is -2.16. The quantitative estimate of drug-likeness (QED) is 0.812. The number of aromatic nitrogens is 1. The van der Waals surface area contributed by atoms with Crippen LogP contribution in [0.4, 0.5) is 4.79 Å². The van der Waals surface area contributed by atoms with Gasteiger partial charge in [-0.05, 0) is 19.4 Å². The Balaban J connectivity index is 1.71. The van der Waals surface area contributed by atoms with Gasteiger partial charge in [0.25, 0.3) is 5.91 Å². The third-order valence-corrected chi connectivity index (χ3v) is 3.77. The molecule has 0 radical (unpaired) electrons. The minimum Gasteiger partial charge on any atom is -0.448 e. The van der Waals surface area contributed by atoms with Gasteiger partial charge < -0.3 is 9.32 Å². The summed E-state index contributed by atoms with van der Waals surface area (Å²) in [5, 5.41) is 0. The Morgan fingerprint density at radius 2 is 1.86 bits per heavy atom. The van der Waals surface area contributed by atoms with E-state index >= 15 is 0 Å². The second-order valence-electron chi connectivity index (χ2n) is 5.46. The number of aryl methyl sites for hydroxylation is 2. The standard InChI is InChI=1S/C16H17N3O3/c1-11-3-5-13(6-4-11)7-18-9-15(20)19(16(18)21)8-14-12(2)22-10-17-14/h3-6,10H,7-9H2,1-2H3. The predicted molar refractivity (Wildman–Crippen MR) is 78.8 cm³/mol. The summed E-state index contributed by atoms with van der Waals surface area (Å²) in [7, 11) is 0. The first-order valence-corrected chi connectivity index (χ1v) is 7.08. The van der Waals surface area contributed by atoms with Gasteiger partial charge in [0.1, 0.15) is 18.0 Å². The summed E-state index contributed by atoms with van der Waals surface area (Å²) in [6.45, 7) is 4.46.